The Morgan fingerprint density at radius 3 is 2.65 bits per heavy atom. The van der Waals surface area contributed by atoms with E-state index in [1.165, 1.54) is 0 Å². The van der Waals surface area contributed by atoms with Crippen LogP contribution in [-0.2, 0) is 9.53 Å². The third-order valence-corrected chi connectivity index (χ3v) is 3.23. The molecule has 20 heavy (non-hydrogen) atoms. The van der Waals surface area contributed by atoms with Crippen LogP contribution >= 0.6 is 0 Å². The molecule has 0 aliphatic rings. The lowest BCUT2D eigenvalue weighted by Gasteiger charge is -2.23. The van der Waals surface area contributed by atoms with Gasteiger partial charge in [-0.05, 0) is 26.3 Å². The monoisotopic (exact) mass is 288 g/mol. The van der Waals surface area contributed by atoms with Crippen LogP contribution in [-0.4, -0.2) is 49.8 Å². The van der Waals surface area contributed by atoms with Crippen LogP contribution < -0.4 is 16.4 Å². The second kappa shape index (κ2) is 9.55. The van der Waals surface area contributed by atoms with Gasteiger partial charge in [0.25, 0.3) is 0 Å². The van der Waals surface area contributed by atoms with E-state index in [1.807, 2.05) is 20.8 Å². The van der Waals surface area contributed by atoms with Gasteiger partial charge in [-0.2, -0.15) is 0 Å². The Morgan fingerprint density at radius 1 is 1.45 bits per heavy atom. The van der Waals surface area contributed by atoms with Crippen molar-refractivity contribution in [1.29, 1.82) is 0 Å². The number of rotatable bonds is 10. The number of carbonyl (C=O) groups is 1. The highest BCUT2D eigenvalue weighted by Crippen LogP contribution is 2.21. The maximum absolute atomic E-state index is 11.7. The quantitative estimate of drug-likeness (QED) is 0.152. The van der Waals surface area contributed by atoms with E-state index in [1.54, 1.807) is 7.11 Å². The minimum Gasteiger partial charge on any atom is -0.409 e. The summed E-state index contributed by atoms with van der Waals surface area (Å²) in [5.74, 6) is 0.181. The van der Waals surface area contributed by atoms with Crippen molar-refractivity contribution >= 4 is 11.7 Å². The van der Waals surface area contributed by atoms with Crippen LogP contribution in [0, 0.1) is 5.41 Å². The molecule has 0 aromatic carbocycles. The molecule has 0 saturated heterocycles. The van der Waals surface area contributed by atoms with Gasteiger partial charge in [0.05, 0.1) is 12.6 Å². The van der Waals surface area contributed by atoms with Crippen molar-refractivity contribution in [3.05, 3.63) is 0 Å². The van der Waals surface area contributed by atoms with E-state index in [9.17, 15) is 4.79 Å². The van der Waals surface area contributed by atoms with Gasteiger partial charge in [0, 0.05) is 19.1 Å². The standard InChI is InChI=1S/C13H28N4O3/c1-10(11(18)16-8-9-20-4)15-7-5-6-13(2,3)12(14)17-19/h10,15,19H,5-9H2,1-4H3,(H2,14,17)(H,16,18). The molecule has 0 rings (SSSR count). The molecule has 0 heterocycles. The Labute approximate surface area is 120 Å². The average molecular weight is 288 g/mol. The summed E-state index contributed by atoms with van der Waals surface area (Å²) in [7, 11) is 1.59. The number of methoxy groups -OCH3 is 1. The first kappa shape index (κ1) is 18.7. The van der Waals surface area contributed by atoms with E-state index >= 15 is 0 Å². The lowest BCUT2D eigenvalue weighted by Crippen LogP contribution is -2.43. The maximum atomic E-state index is 11.7. The van der Waals surface area contributed by atoms with E-state index < -0.39 is 0 Å². The number of nitrogens with two attached hydrogens (primary N) is 1. The molecule has 0 fully saturated rings. The lowest BCUT2D eigenvalue weighted by atomic mass is 9.86. The summed E-state index contributed by atoms with van der Waals surface area (Å²) in [5.41, 5.74) is 5.27. The molecule has 7 nitrogen and oxygen atoms in total. The molecule has 0 aromatic rings. The topological polar surface area (TPSA) is 109 Å². The van der Waals surface area contributed by atoms with Crippen molar-refractivity contribution in [2.75, 3.05) is 26.8 Å². The first-order valence-electron chi connectivity index (χ1n) is 6.83. The number of nitrogens with one attached hydrogen (secondary N) is 2. The summed E-state index contributed by atoms with van der Waals surface area (Å²) in [6.07, 6.45) is 1.60. The normalized spacial score (nSPS) is 14.1. The van der Waals surface area contributed by atoms with Gasteiger partial charge in [-0.1, -0.05) is 19.0 Å². The number of ether oxygens (including phenoxy) is 1. The zero-order valence-electron chi connectivity index (χ0n) is 12.9. The molecule has 118 valence electrons. The molecule has 7 heteroatoms. The Bertz CT molecular complexity index is 319. The van der Waals surface area contributed by atoms with Crippen LogP contribution in [0.4, 0.5) is 0 Å². The summed E-state index contributed by atoms with van der Waals surface area (Å²) in [6, 6.07) is -0.251. The molecular formula is C13H28N4O3. The third-order valence-electron chi connectivity index (χ3n) is 3.23. The fourth-order valence-corrected chi connectivity index (χ4v) is 1.63. The van der Waals surface area contributed by atoms with Crippen molar-refractivity contribution in [3.63, 3.8) is 0 Å². The number of hydrogen-bond donors (Lipinski definition) is 4. The van der Waals surface area contributed by atoms with Gasteiger partial charge in [-0.25, -0.2) is 0 Å². The van der Waals surface area contributed by atoms with Crippen LogP contribution in [0.2, 0.25) is 0 Å². The van der Waals surface area contributed by atoms with Crippen molar-refractivity contribution in [2.24, 2.45) is 16.3 Å². The van der Waals surface area contributed by atoms with Crippen LogP contribution in [0.1, 0.15) is 33.6 Å². The minimum atomic E-state index is -0.347. The molecular weight excluding hydrogens is 260 g/mol. The molecule has 0 aliphatic heterocycles. The number of hydrogen-bond acceptors (Lipinski definition) is 5. The Balaban J connectivity index is 3.86. The first-order valence-corrected chi connectivity index (χ1v) is 6.83. The molecule has 0 spiro atoms. The zero-order valence-corrected chi connectivity index (χ0v) is 12.9. The molecule has 1 atom stereocenters. The van der Waals surface area contributed by atoms with Crippen LogP contribution in [0.25, 0.3) is 0 Å². The third kappa shape index (κ3) is 7.30. The van der Waals surface area contributed by atoms with E-state index in [0.717, 1.165) is 12.8 Å². The van der Waals surface area contributed by atoms with Gasteiger partial charge in [-0.15, -0.1) is 0 Å². The fourth-order valence-electron chi connectivity index (χ4n) is 1.63. The average Bonchev–Trinajstić information content (AvgIpc) is 2.42. The van der Waals surface area contributed by atoms with Crippen LogP contribution in [0.15, 0.2) is 5.16 Å². The molecule has 1 unspecified atom stereocenters. The summed E-state index contributed by atoms with van der Waals surface area (Å²) in [4.78, 5) is 11.7. The molecule has 0 aromatic heterocycles. The summed E-state index contributed by atoms with van der Waals surface area (Å²) in [6.45, 7) is 7.37. The van der Waals surface area contributed by atoms with Crippen LogP contribution in [0.5, 0.6) is 0 Å². The number of carbonyl (C=O) groups excluding carboxylic acids is 1. The predicted molar refractivity (Wildman–Crippen MR) is 78.8 cm³/mol. The number of amidine groups is 1. The predicted octanol–water partition coefficient (Wildman–Crippen LogP) is 0.280. The SMILES string of the molecule is COCCNC(=O)C(C)NCCCC(C)(C)C(N)=NO. The highest BCUT2D eigenvalue weighted by atomic mass is 16.5. The van der Waals surface area contributed by atoms with Gasteiger partial charge < -0.3 is 26.3 Å². The largest absolute Gasteiger partial charge is 0.409 e. The first-order chi connectivity index (χ1) is 9.35. The number of oxime groups is 1. The Hall–Kier alpha value is -1.34. The molecule has 0 bridgehead atoms. The van der Waals surface area contributed by atoms with E-state index in [4.69, 9.17) is 15.7 Å². The fraction of sp³-hybridized carbons (Fsp3) is 0.846. The molecule has 0 saturated carbocycles. The summed E-state index contributed by atoms with van der Waals surface area (Å²) >= 11 is 0. The number of amides is 1. The van der Waals surface area contributed by atoms with E-state index in [2.05, 4.69) is 15.8 Å². The molecule has 1 amide bonds. The maximum Gasteiger partial charge on any atom is 0.236 e. The van der Waals surface area contributed by atoms with Gasteiger partial charge in [0.1, 0.15) is 5.84 Å². The second-order valence-corrected chi connectivity index (χ2v) is 5.43. The van der Waals surface area contributed by atoms with Crippen molar-refractivity contribution in [3.8, 4) is 0 Å². The highest BCUT2D eigenvalue weighted by molar-refractivity contribution is 5.85. The summed E-state index contributed by atoms with van der Waals surface area (Å²) in [5, 5.41) is 17.6. The molecule has 5 N–H and O–H groups in total. The second-order valence-electron chi connectivity index (χ2n) is 5.43. The lowest BCUT2D eigenvalue weighted by molar-refractivity contribution is -0.122. The molecule has 0 aliphatic carbocycles. The van der Waals surface area contributed by atoms with Crippen molar-refractivity contribution < 1.29 is 14.7 Å². The molecule has 0 radical (unpaired) electrons. The highest BCUT2D eigenvalue weighted by Gasteiger charge is 2.23. The Morgan fingerprint density at radius 2 is 2.10 bits per heavy atom. The van der Waals surface area contributed by atoms with Gasteiger partial charge >= 0.3 is 0 Å². The van der Waals surface area contributed by atoms with Crippen molar-refractivity contribution in [1.82, 2.24) is 10.6 Å². The van der Waals surface area contributed by atoms with E-state index in [-0.39, 0.29) is 23.2 Å². The van der Waals surface area contributed by atoms with Crippen molar-refractivity contribution in [2.45, 2.75) is 39.7 Å². The number of nitrogens with zero attached hydrogens (tertiary/aromatic N) is 1. The Kier molecular flexibility index (Phi) is 8.91. The van der Waals surface area contributed by atoms with Gasteiger partial charge in [0.2, 0.25) is 5.91 Å². The minimum absolute atomic E-state index is 0.0438. The smallest absolute Gasteiger partial charge is 0.236 e. The zero-order chi connectivity index (χ0) is 15.6. The van der Waals surface area contributed by atoms with E-state index in [0.29, 0.717) is 19.7 Å². The van der Waals surface area contributed by atoms with Gasteiger partial charge in [0.15, 0.2) is 0 Å². The summed E-state index contributed by atoms with van der Waals surface area (Å²) < 4.78 is 4.86. The van der Waals surface area contributed by atoms with Gasteiger partial charge in [-0.3, -0.25) is 4.79 Å². The van der Waals surface area contributed by atoms with Crippen LogP contribution in [0.3, 0.4) is 0 Å².